The summed E-state index contributed by atoms with van der Waals surface area (Å²) in [6.07, 6.45) is 92.4. The van der Waals surface area contributed by atoms with Crippen LogP contribution in [0.2, 0.25) is 0 Å². The zero-order valence-corrected chi connectivity index (χ0v) is 55.5. The summed E-state index contributed by atoms with van der Waals surface area (Å²) in [5.74, 6) is -0.0490. The molecule has 0 rings (SSSR count). The topological polar surface area (TPSA) is 95.9 Å². The summed E-state index contributed by atoms with van der Waals surface area (Å²) in [7, 11) is 0. The molecule has 0 saturated carbocycles. The molecule has 0 aromatic heterocycles. The van der Waals surface area contributed by atoms with E-state index in [4.69, 9.17) is 4.74 Å². The van der Waals surface area contributed by atoms with Crippen molar-refractivity contribution >= 4 is 11.9 Å². The zero-order chi connectivity index (χ0) is 59.2. The van der Waals surface area contributed by atoms with Crippen molar-refractivity contribution in [3.63, 3.8) is 0 Å². The molecule has 0 heterocycles. The number of hydrogen-bond donors (Lipinski definition) is 3. The molecule has 0 spiro atoms. The van der Waals surface area contributed by atoms with E-state index in [2.05, 4.69) is 43.5 Å². The quantitative estimate of drug-likeness (QED) is 0.0320. The Balaban J connectivity index is 3.40. The van der Waals surface area contributed by atoms with Crippen molar-refractivity contribution < 1.29 is 24.5 Å². The molecule has 2 atom stereocenters. The third-order valence-corrected chi connectivity index (χ3v) is 17.4. The maximum absolute atomic E-state index is 12.5. The minimum absolute atomic E-state index is 0.0171. The molecule has 2 unspecified atom stereocenters. The van der Waals surface area contributed by atoms with Crippen LogP contribution in [0.4, 0.5) is 0 Å². The fraction of sp³-hybridized carbons (Fsp3) is 0.895. The molecule has 0 saturated heterocycles. The molecule has 0 bridgehead atoms. The van der Waals surface area contributed by atoms with E-state index in [1.807, 2.05) is 6.08 Å². The van der Waals surface area contributed by atoms with E-state index in [0.29, 0.717) is 19.4 Å². The number of ether oxygens (including phenoxy) is 1. The Morgan fingerprint density at radius 3 is 0.927 bits per heavy atom. The van der Waals surface area contributed by atoms with Gasteiger partial charge in [0, 0.05) is 12.8 Å². The summed E-state index contributed by atoms with van der Waals surface area (Å²) in [5.41, 5.74) is 0. The first-order chi connectivity index (χ1) is 40.5. The van der Waals surface area contributed by atoms with Crippen LogP contribution in [-0.2, 0) is 14.3 Å². The molecule has 0 aliphatic heterocycles. The van der Waals surface area contributed by atoms with E-state index >= 15 is 0 Å². The van der Waals surface area contributed by atoms with E-state index in [9.17, 15) is 19.8 Å². The second-order valence-electron chi connectivity index (χ2n) is 25.6. The standard InChI is InChI=1S/C76H145NO5/c1-3-5-7-9-11-13-15-17-19-21-33-38-42-46-50-54-58-62-66-70-76(81)82-71-67-63-59-55-51-47-43-39-35-32-30-28-26-24-22-23-25-27-29-31-34-37-41-45-49-53-57-61-65-69-75(80)77-73(72-78)74(79)68-64-60-56-52-48-44-40-36-20-18-16-14-12-10-8-6-4-2/h22,24,28,30,64,68,73-74,78-79H,3-21,23,25-27,29,31-63,65-67,69-72H2,1-2H3,(H,77,80)/b24-22-,30-28-,68-64+. The van der Waals surface area contributed by atoms with Crippen molar-refractivity contribution in [3.05, 3.63) is 36.5 Å². The van der Waals surface area contributed by atoms with Gasteiger partial charge >= 0.3 is 5.97 Å². The van der Waals surface area contributed by atoms with Gasteiger partial charge in [0.25, 0.3) is 0 Å². The van der Waals surface area contributed by atoms with Gasteiger partial charge in [-0.25, -0.2) is 0 Å². The highest BCUT2D eigenvalue weighted by molar-refractivity contribution is 5.76. The van der Waals surface area contributed by atoms with E-state index in [-0.39, 0.29) is 18.5 Å². The third-order valence-electron chi connectivity index (χ3n) is 17.4. The highest BCUT2D eigenvalue weighted by Gasteiger charge is 2.18. The average molecular weight is 1150 g/mol. The highest BCUT2D eigenvalue weighted by Crippen LogP contribution is 2.19. The Morgan fingerprint density at radius 2 is 0.610 bits per heavy atom. The molecule has 0 radical (unpaired) electrons. The number of unbranched alkanes of at least 4 members (excludes halogenated alkanes) is 55. The number of rotatable bonds is 70. The van der Waals surface area contributed by atoms with Gasteiger partial charge in [0.1, 0.15) is 0 Å². The zero-order valence-electron chi connectivity index (χ0n) is 55.5. The molecule has 0 aromatic carbocycles. The minimum atomic E-state index is -0.846. The van der Waals surface area contributed by atoms with Gasteiger partial charge in [-0.15, -0.1) is 0 Å². The van der Waals surface area contributed by atoms with E-state index < -0.39 is 12.1 Å². The van der Waals surface area contributed by atoms with Crippen molar-refractivity contribution in [1.82, 2.24) is 5.32 Å². The lowest BCUT2D eigenvalue weighted by Gasteiger charge is -2.20. The molecule has 0 aliphatic rings. The Morgan fingerprint density at radius 1 is 0.341 bits per heavy atom. The monoisotopic (exact) mass is 1150 g/mol. The molecule has 1 amide bonds. The van der Waals surface area contributed by atoms with Crippen molar-refractivity contribution in [2.24, 2.45) is 0 Å². The lowest BCUT2D eigenvalue weighted by Crippen LogP contribution is -2.45. The lowest BCUT2D eigenvalue weighted by atomic mass is 10.0. The predicted octanol–water partition coefficient (Wildman–Crippen LogP) is 24.3. The summed E-state index contributed by atoms with van der Waals surface area (Å²) < 4.78 is 5.51. The number of carbonyl (C=O) groups is 2. The van der Waals surface area contributed by atoms with E-state index in [1.54, 1.807) is 6.08 Å². The molecule has 3 N–H and O–H groups in total. The van der Waals surface area contributed by atoms with Gasteiger partial charge in [-0.3, -0.25) is 9.59 Å². The molecule has 484 valence electrons. The highest BCUT2D eigenvalue weighted by atomic mass is 16.5. The maximum Gasteiger partial charge on any atom is 0.305 e. The number of carbonyl (C=O) groups excluding carboxylic acids is 2. The number of esters is 1. The van der Waals surface area contributed by atoms with E-state index in [1.165, 1.54) is 340 Å². The fourth-order valence-corrected chi connectivity index (χ4v) is 11.7. The average Bonchev–Trinajstić information content (AvgIpc) is 3.48. The van der Waals surface area contributed by atoms with Gasteiger partial charge in [0.05, 0.1) is 25.4 Å². The first-order valence-electron chi connectivity index (χ1n) is 37.3. The summed E-state index contributed by atoms with van der Waals surface area (Å²) in [6.45, 7) is 4.94. The molecule has 6 heteroatoms. The first kappa shape index (κ1) is 80.1. The van der Waals surface area contributed by atoms with Gasteiger partial charge < -0.3 is 20.3 Å². The molecule has 0 aliphatic carbocycles. The van der Waals surface area contributed by atoms with Gasteiger partial charge in [0.2, 0.25) is 5.91 Å². The second kappa shape index (κ2) is 71.6. The smallest absolute Gasteiger partial charge is 0.305 e. The van der Waals surface area contributed by atoms with E-state index in [0.717, 1.165) is 44.9 Å². The van der Waals surface area contributed by atoms with Crippen molar-refractivity contribution in [3.8, 4) is 0 Å². The molecule has 6 nitrogen and oxygen atoms in total. The Labute approximate surface area is 513 Å². The van der Waals surface area contributed by atoms with Crippen molar-refractivity contribution in [1.29, 1.82) is 0 Å². The van der Waals surface area contributed by atoms with Crippen molar-refractivity contribution in [2.75, 3.05) is 13.2 Å². The van der Waals surface area contributed by atoms with Gasteiger partial charge in [-0.05, 0) is 64.2 Å². The molecule has 0 aromatic rings. The Hall–Kier alpha value is -1.92. The third kappa shape index (κ3) is 67.2. The van der Waals surface area contributed by atoms with Crippen LogP contribution in [0.15, 0.2) is 36.5 Å². The van der Waals surface area contributed by atoms with Crippen molar-refractivity contribution in [2.45, 2.75) is 424 Å². The maximum atomic E-state index is 12.5. The van der Waals surface area contributed by atoms with Crippen LogP contribution in [0.1, 0.15) is 412 Å². The second-order valence-corrected chi connectivity index (χ2v) is 25.6. The fourth-order valence-electron chi connectivity index (χ4n) is 11.7. The van der Waals surface area contributed by atoms with Crippen LogP contribution in [0.5, 0.6) is 0 Å². The summed E-state index contributed by atoms with van der Waals surface area (Å²) >= 11 is 0. The first-order valence-corrected chi connectivity index (χ1v) is 37.3. The molecular weight excluding hydrogens is 1010 g/mol. The number of amides is 1. The summed E-state index contributed by atoms with van der Waals surface area (Å²) in [4.78, 5) is 24.6. The van der Waals surface area contributed by atoms with Gasteiger partial charge in [0.15, 0.2) is 0 Å². The number of nitrogens with one attached hydrogen (secondary N) is 1. The largest absolute Gasteiger partial charge is 0.466 e. The van der Waals surface area contributed by atoms with Crippen LogP contribution in [0.3, 0.4) is 0 Å². The molecule has 82 heavy (non-hydrogen) atoms. The van der Waals surface area contributed by atoms with Crippen LogP contribution >= 0.6 is 0 Å². The van der Waals surface area contributed by atoms with Gasteiger partial charge in [-0.1, -0.05) is 371 Å². The number of hydrogen-bond acceptors (Lipinski definition) is 5. The number of aliphatic hydroxyl groups excluding tert-OH is 2. The lowest BCUT2D eigenvalue weighted by molar-refractivity contribution is -0.143. The van der Waals surface area contributed by atoms with Gasteiger partial charge in [-0.2, -0.15) is 0 Å². The SMILES string of the molecule is CCCCCCCCCCCCCCCCC/C=C/C(O)C(CO)NC(=O)CCCCCCCCCCCCCCC/C=C\C/C=C\CCCCCCCCCCCOC(=O)CCCCCCCCCCCCCCCCCCCCC. The predicted molar refractivity (Wildman–Crippen MR) is 361 cm³/mol. The number of aliphatic hydroxyl groups is 2. The normalized spacial score (nSPS) is 12.7. The van der Waals surface area contributed by atoms with Crippen LogP contribution in [0, 0.1) is 0 Å². The summed E-state index contributed by atoms with van der Waals surface area (Å²) in [6, 6.07) is -0.629. The number of allylic oxidation sites excluding steroid dienone is 5. The van der Waals surface area contributed by atoms with Crippen LogP contribution < -0.4 is 5.32 Å². The van der Waals surface area contributed by atoms with Crippen LogP contribution in [-0.4, -0.2) is 47.4 Å². The molecular formula is C76H145NO5. The minimum Gasteiger partial charge on any atom is -0.466 e. The van der Waals surface area contributed by atoms with Crippen LogP contribution in [0.25, 0.3) is 0 Å². The summed E-state index contributed by atoms with van der Waals surface area (Å²) in [5, 5.41) is 23.2. The molecule has 0 fully saturated rings. The Kier molecular flexibility index (Phi) is 69.9. The Bertz CT molecular complexity index is 1330.